The van der Waals surface area contributed by atoms with E-state index in [0.29, 0.717) is 18.8 Å². The van der Waals surface area contributed by atoms with Crippen molar-refractivity contribution in [1.82, 2.24) is 0 Å². The molecule has 1 aliphatic rings. The Morgan fingerprint density at radius 3 is 2.50 bits per heavy atom. The van der Waals surface area contributed by atoms with E-state index in [0.717, 1.165) is 12.0 Å². The van der Waals surface area contributed by atoms with Gasteiger partial charge in [0.1, 0.15) is 6.10 Å². The van der Waals surface area contributed by atoms with Crippen molar-refractivity contribution in [3.05, 3.63) is 35.4 Å². The van der Waals surface area contributed by atoms with Crippen molar-refractivity contribution in [3.63, 3.8) is 0 Å². The van der Waals surface area contributed by atoms with E-state index in [1.54, 1.807) is 0 Å². The molecule has 0 bridgehead atoms. The molecule has 1 fully saturated rings. The third-order valence-corrected chi connectivity index (χ3v) is 2.83. The molecule has 0 N–H and O–H groups in total. The van der Waals surface area contributed by atoms with Gasteiger partial charge in [0.2, 0.25) is 0 Å². The number of hydrogen-bond acceptors (Lipinski definition) is 3. The minimum absolute atomic E-state index is 0.00976. The molecule has 2 atom stereocenters. The highest BCUT2D eigenvalue weighted by molar-refractivity contribution is 5.32. The molecule has 16 heavy (non-hydrogen) atoms. The Labute approximate surface area is 95.6 Å². The first-order valence-electron chi connectivity index (χ1n) is 5.56. The van der Waals surface area contributed by atoms with Crippen LogP contribution >= 0.6 is 0 Å². The molecule has 84 valence electrons. The van der Waals surface area contributed by atoms with Crippen molar-refractivity contribution < 1.29 is 9.47 Å². The van der Waals surface area contributed by atoms with Crippen LogP contribution in [-0.4, -0.2) is 19.3 Å². The second kappa shape index (κ2) is 5.11. The van der Waals surface area contributed by atoms with Gasteiger partial charge in [0.25, 0.3) is 0 Å². The van der Waals surface area contributed by atoms with Gasteiger partial charge in [0.05, 0.1) is 31.0 Å². The highest BCUT2D eigenvalue weighted by Crippen LogP contribution is 2.23. The quantitative estimate of drug-likeness (QED) is 0.764. The molecule has 3 heteroatoms. The van der Waals surface area contributed by atoms with Crippen LogP contribution in [0.25, 0.3) is 0 Å². The summed E-state index contributed by atoms with van der Waals surface area (Å²) in [6.07, 6.45) is 1.23. The molecule has 1 heterocycles. The van der Waals surface area contributed by atoms with E-state index >= 15 is 0 Å². The van der Waals surface area contributed by atoms with Gasteiger partial charge in [-0.3, -0.25) is 0 Å². The summed E-state index contributed by atoms with van der Waals surface area (Å²) in [5.74, 6) is 0. The topological polar surface area (TPSA) is 42.2 Å². The number of ether oxygens (including phenoxy) is 2. The molecule has 1 aromatic rings. The van der Waals surface area contributed by atoms with Gasteiger partial charge in [-0.15, -0.1) is 0 Å². The summed E-state index contributed by atoms with van der Waals surface area (Å²) in [7, 11) is 0. The van der Waals surface area contributed by atoms with Crippen LogP contribution in [0.3, 0.4) is 0 Å². The fourth-order valence-corrected chi connectivity index (χ4v) is 1.74. The molecular formula is C13H15NO2. The summed E-state index contributed by atoms with van der Waals surface area (Å²) in [6, 6.07) is 9.58. The number of hydrogen-bond donors (Lipinski definition) is 0. The molecule has 0 radical (unpaired) electrons. The molecule has 0 aromatic heterocycles. The predicted molar refractivity (Wildman–Crippen MR) is 59.9 cm³/mol. The van der Waals surface area contributed by atoms with Gasteiger partial charge >= 0.3 is 0 Å². The van der Waals surface area contributed by atoms with Crippen LogP contribution in [0, 0.1) is 11.3 Å². The predicted octanol–water partition coefficient (Wildman–Crippen LogP) is 2.42. The lowest BCUT2D eigenvalue weighted by Gasteiger charge is -2.29. The number of nitriles is 1. The van der Waals surface area contributed by atoms with Crippen LogP contribution in [0.5, 0.6) is 0 Å². The minimum Gasteiger partial charge on any atom is -0.373 e. The Hall–Kier alpha value is -1.37. The molecular weight excluding hydrogens is 202 g/mol. The summed E-state index contributed by atoms with van der Waals surface area (Å²) in [5, 5.41) is 8.70. The third kappa shape index (κ3) is 2.41. The zero-order chi connectivity index (χ0) is 11.4. The van der Waals surface area contributed by atoms with Crippen molar-refractivity contribution in [1.29, 1.82) is 5.26 Å². The summed E-state index contributed by atoms with van der Waals surface area (Å²) >= 11 is 0. The fourth-order valence-electron chi connectivity index (χ4n) is 1.74. The second-order valence-corrected chi connectivity index (χ2v) is 3.92. The second-order valence-electron chi connectivity index (χ2n) is 3.92. The summed E-state index contributed by atoms with van der Waals surface area (Å²) in [4.78, 5) is 0. The van der Waals surface area contributed by atoms with E-state index in [9.17, 15) is 0 Å². The van der Waals surface area contributed by atoms with Gasteiger partial charge in [-0.2, -0.15) is 5.26 Å². The lowest BCUT2D eigenvalue weighted by molar-refractivity contribution is -0.135. The number of nitrogens with zero attached hydrogens (tertiary/aromatic N) is 1. The third-order valence-electron chi connectivity index (χ3n) is 2.83. The molecule has 3 nitrogen and oxygen atoms in total. The number of benzene rings is 1. The van der Waals surface area contributed by atoms with Crippen LogP contribution in [-0.2, 0) is 9.47 Å². The van der Waals surface area contributed by atoms with E-state index in [1.807, 2.05) is 24.3 Å². The molecule has 0 amide bonds. The van der Waals surface area contributed by atoms with Crippen LogP contribution < -0.4 is 0 Å². The highest BCUT2D eigenvalue weighted by atomic mass is 16.6. The number of rotatable bonds is 2. The molecule has 0 saturated carbocycles. The Kier molecular flexibility index (Phi) is 3.55. The van der Waals surface area contributed by atoms with Gasteiger partial charge in [-0.25, -0.2) is 0 Å². The Bertz CT molecular complexity index is 372. The molecule has 1 aliphatic heterocycles. The summed E-state index contributed by atoms with van der Waals surface area (Å²) in [6.45, 7) is 3.35. The summed E-state index contributed by atoms with van der Waals surface area (Å²) in [5.41, 5.74) is 1.75. The summed E-state index contributed by atoms with van der Waals surface area (Å²) < 4.78 is 11.4. The van der Waals surface area contributed by atoms with Gasteiger partial charge < -0.3 is 9.47 Å². The van der Waals surface area contributed by atoms with Gasteiger partial charge in [-0.05, 0) is 24.1 Å². The zero-order valence-electron chi connectivity index (χ0n) is 9.35. The molecule has 0 spiro atoms. The maximum atomic E-state index is 8.70. The normalized spacial score (nSPS) is 25.0. The van der Waals surface area contributed by atoms with E-state index in [4.69, 9.17) is 14.7 Å². The molecule has 0 unspecified atom stereocenters. The van der Waals surface area contributed by atoms with Gasteiger partial charge in [-0.1, -0.05) is 19.1 Å². The molecule has 2 rings (SSSR count). The maximum absolute atomic E-state index is 8.70. The fraction of sp³-hybridized carbons (Fsp3) is 0.462. The maximum Gasteiger partial charge on any atom is 0.106 e. The van der Waals surface area contributed by atoms with E-state index < -0.39 is 0 Å². The first-order chi connectivity index (χ1) is 7.83. The van der Waals surface area contributed by atoms with Crippen molar-refractivity contribution in [2.45, 2.75) is 25.6 Å². The average Bonchev–Trinajstić information content (AvgIpc) is 2.39. The monoisotopic (exact) mass is 217 g/mol. The van der Waals surface area contributed by atoms with Gasteiger partial charge in [0.15, 0.2) is 0 Å². The first-order valence-corrected chi connectivity index (χ1v) is 5.56. The molecule has 1 aromatic carbocycles. The highest BCUT2D eigenvalue weighted by Gasteiger charge is 2.22. The van der Waals surface area contributed by atoms with E-state index in [2.05, 4.69) is 13.0 Å². The largest absolute Gasteiger partial charge is 0.373 e. The van der Waals surface area contributed by atoms with Crippen molar-refractivity contribution in [2.24, 2.45) is 0 Å². The Balaban J connectivity index is 2.00. The average molecular weight is 217 g/mol. The van der Waals surface area contributed by atoms with Crippen LogP contribution in [0.15, 0.2) is 24.3 Å². The zero-order valence-corrected chi connectivity index (χ0v) is 9.35. The lowest BCUT2D eigenvalue weighted by atomic mass is 10.1. The van der Waals surface area contributed by atoms with Crippen molar-refractivity contribution in [3.8, 4) is 6.07 Å². The smallest absolute Gasteiger partial charge is 0.106 e. The SMILES string of the molecule is CC[C@H]1CO[C@H](c2ccc(C#N)cc2)CO1. The Morgan fingerprint density at radius 2 is 2.00 bits per heavy atom. The first kappa shape index (κ1) is 11.1. The Morgan fingerprint density at radius 1 is 1.25 bits per heavy atom. The lowest BCUT2D eigenvalue weighted by Crippen LogP contribution is -2.30. The van der Waals surface area contributed by atoms with Crippen LogP contribution in [0.4, 0.5) is 0 Å². The van der Waals surface area contributed by atoms with Crippen LogP contribution in [0.1, 0.15) is 30.6 Å². The van der Waals surface area contributed by atoms with Gasteiger partial charge in [0, 0.05) is 0 Å². The van der Waals surface area contributed by atoms with Crippen molar-refractivity contribution in [2.75, 3.05) is 13.2 Å². The van der Waals surface area contributed by atoms with E-state index in [-0.39, 0.29) is 12.2 Å². The standard InChI is InChI=1S/C13H15NO2/c1-2-12-8-16-13(9-15-12)11-5-3-10(7-14)4-6-11/h3-6,12-13H,2,8-9H2,1H3/t12-,13-/m0/s1. The molecule has 1 saturated heterocycles. The van der Waals surface area contributed by atoms with Crippen molar-refractivity contribution >= 4 is 0 Å². The molecule has 0 aliphatic carbocycles. The van der Waals surface area contributed by atoms with E-state index in [1.165, 1.54) is 0 Å². The van der Waals surface area contributed by atoms with Crippen LogP contribution in [0.2, 0.25) is 0 Å². The minimum atomic E-state index is 0.00976.